The van der Waals surface area contributed by atoms with E-state index < -0.39 is 0 Å². The van der Waals surface area contributed by atoms with Crippen molar-refractivity contribution >= 4 is 17.3 Å². The van der Waals surface area contributed by atoms with Gasteiger partial charge in [0.05, 0.1) is 5.70 Å². The molecule has 0 atom stereocenters. The van der Waals surface area contributed by atoms with Crippen LogP contribution in [0.15, 0.2) is 54.2 Å². The molecule has 3 rings (SSSR count). The van der Waals surface area contributed by atoms with Crippen LogP contribution in [0.2, 0.25) is 0 Å². The van der Waals surface area contributed by atoms with Crippen molar-refractivity contribution in [1.29, 1.82) is 0 Å². The van der Waals surface area contributed by atoms with Gasteiger partial charge in [-0.25, -0.2) is 0 Å². The fraction of sp³-hybridized carbons (Fsp3) is 0.200. The van der Waals surface area contributed by atoms with Gasteiger partial charge in [0.1, 0.15) is 0 Å². The van der Waals surface area contributed by atoms with E-state index in [9.17, 15) is 9.59 Å². The highest BCUT2D eigenvalue weighted by Crippen LogP contribution is 2.36. The van der Waals surface area contributed by atoms with Gasteiger partial charge < -0.3 is 5.32 Å². The molecule has 1 amide bonds. The number of amides is 1. The molecule has 0 fully saturated rings. The third-order valence-corrected chi connectivity index (χ3v) is 4.15. The number of fused-ring (bicyclic) bond motifs is 1. The molecular formula is C20H19NO2. The van der Waals surface area contributed by atoms with Crippen molar-refractivity contribution in [3.63, 3.8) is 0 Å². The molecule has 0 unspecified atom stereocenters. The number of benzene rings is 2. The van der Waals surface area contributed by atoms with Gasteiger partial charge in [-0.2, -0.15) is 0 Å². The van der Waals surface area contributed by atoms with Gasteiger partial charge in [0.2, 0.25) is 11.7 Å². The number of Topliss-reactive ketones (excluding diaryl/α,β-unsaturated/α-hetero) is 1. The molecule has 3 nitrogen and oxygen atoms in total. The lowest BCUT2D eigenvalue weighted by Gasteiger charge is -2.10. The number of hydrogen-bond acceptors (Lipinski definition) is 2. The monoisotopic (exact) mass is 305 g/mol. The molecule has 0 spiro atoms. The lowest BCUT2D eigenvalue weighted by atomic mass is 9.97. The maximum atomic E-state index is 12.7. The molecule has 0 aromatic heterocycles. The standard InChI is InChI=1S/C20H19NO2/c1-3-13-9-11-14(12-10-13)18-15-7-5-6-8-16(15)20(23)19(18)21-17(22)4-2/h5-12H,3-4H2,1-2H3,(H,21,22,23). The van der Waals surface area contributed by atoms with Gasteiger partial charge in [0.15, 0.2) is 0 Å². The first kappa shape index (κ1) is 15.2. The van der Waals surface area contributed by atoms with E-state index in [1.165, 1.54) is 5.56 Å². The second kappa shape index (κ2) is 6.21. The van der Waals surface area contributed by atoms with Crippen LogP contribution in [-0.4, -0.2) is 11.7 Å². The third kappa shape index (κ3) is 2.70. The van der Waals surface area contributed by atoms with Crippen LogP contribution >= 0.6 is 0 Å². The van der Waals surface area contributed by atoms with Crippen molar-refractivity contribution in [2.45, 2.75) is 26.7 Å². The molecule has 23 heavy (non-hydrogen) atoms. The van der Waals surface area contributed by atoms with Gasteiger partial charge >= 0.3 is 0 Å². The summed E-state index contributed by atoms with van der Waals surface area (Å²) in [7, 11) is 0. The van der Waals surface area contributed by atoms with Crippen molar-refractivity contribution in [2.24, 2.45) is 0 Å². The molecule has 116 valence electrons. The minimum atomic E-state index is -0.149. The number of carbonyl (C=O) groups excluding carboxylic acids is 2. The first-order valence-corrected chi connectivity index (χ1v) is 7.93. The van der Waals surface area contributed by atoms with Crippen molar-refractivity contribution < 1.29 is 9.59 Å². The summed E-state index contributed by atoms with van der Waals surface area (Å²) in [5.41, 5.74) is 4.93. The van der Waals surface area contributed by atoms with Gasteiger partial charge in [-0.3, -0.25) is 9.59 Å². The van der Waals surface area contributed by atoms with Crippen molar-refractivity contribution in [3.8, 4) is 0 Å². The van der Waals surface area contributed by atoms with Crippen LogP contribution in [0.4, 0.5) is 0 Å². The van der Waals surface area contributed by atoms with E-state index in [-0.39, 0.29) is 11.7 Å². The lowest BCUT2D eigenvalue weighted by molar-refractivity contribution is -0.120. The molecule has 1 N–H and O–H groups in total. The number of ketones is 1. The fourth-order valence-corrected chi connectivity index (χ4v) is 2.84. The highest BCUT2D eigenvalue weighted by atomic mass is 16.2. The zero-order valence-electron chi connectivity index (χ0n) is 13.3. The number of hydrogen-bond donors (Lipinski definition) is 1. The maximum absolute atomic E-state index is 12.7. The van der Waals surface area contributed by atoms with E-state index in [2.05, 4.69) is 24.4 Å². The topological polar surface area (TPSA) is 46.2 Å². The summed E-state index contributed by atoms with van der Waals surface area (Å²) in [5, 5.41) is 2.79. The molecule has 0 aliphatic heterocycles. The van der Waals surface area contributed by atoms with Crippen LogP contribution in [0.3, 0.4) is 0 Å². The SMILES string of the molecule is CCC(=O)NC1=C(c2ccc(CC)cc2)c2ccccc2C1=O. The molecule has 0 heterocycles. The average Bonchev–Trinajstić information content (AvgIpc) is 2.87. The van der Waals surface area contributed by atoms with Gasteiger partial charge in [-0.15, -0.1) is 0 Å². The third-order valence-electron chi connectivity index (χ3n) is 4.15. The Morgan fingerprint density at radius 1 is 0.957 bits per heavy atom. The molecule has 0 saturated heterocycles. The molecule has 2 aromatic rings. The van der Waals surface area contributed by atoms with E-state index >= 15 is 0 Å². The van der Waals surface area contributed by atoms with E-state index in [0.29, 0.717) is 17.7 Å². The Morgan fingerprint density at radius 2 is 1.61 bits per heavy atom. The summed E-state index contributed by atoms with van der Waals surface area (Å²) < 4.78 is 0. The van der Waals surface area contributed by atoms with E-state index in [1.54, 1.807) is 6.92 Å². The first-order valence-electron chi connectivity index (χ1n) is 7.93. The van der Waals surface area contributed by atoms with Crippen molar-refractivity contribution in [2.75, 3.05) is 0 Å². The summed E-state index contributed by atoms with van der Waals surface area (Å²) in [4.78, 5) is 24.5. The number of carbonyl (C=O) groups is 2. The smallest absolute Gasteiger partial charge is 0.224 e. The Hall–Kier alpha value is -2.68. The second-order valence-electron chi connectivity index (χ2n) is 5.58. The van der Waals surface area contributed by atoms with Crippen LogP contribution in [0.5, 0.6) is 0 Å². The number of aryl methyl sites for hydroxylation is 1. The van der Waals surface area contributed by atoms with E-state index in [0.717, 1.165) is 23.1 Å². The lowest BCUT2D eigenvalue weighted by Crippen LogP contribution is -2.25. The van der Waals surface area contributed by atoms with Gasteiger partial charge in [-0.05, 0) is 23.1 Å². The largest absolute Gasteiger partial charge is 0.322 e. The number of allylic oxidation sites excluding steroid dienone is 1. The zero-order chi connectivity index (χ0) is 16.4. The van der Waals surface area contributed by atoms with Crippen LogP contribution in [0, 0.1) is 0 Å². The molecular weight excluding hydrogens is 286 g/mol. The molecule has 0 saturated carbocycles. The van der Waals surface area contributed by atoms with Gasteiger partial charge in [0.25, 0.3) is 0 Å². The minimum Gasteiger partial charge on any atom is -0.322 e. The Bertz CT molecular complexity index is 801. The average molecular weight is 305 g/mol. The molecule has 3 heteroatoms. The zero-order valence-corrected chi connectivity index (χ0v) is 13.3. The van der Waals surface area contributed by atoms with Crippen LogP contribution in [0.25, 0.3) is 5.57 Å². The summed E-state index contributed by atoms with van der Waals surface area (Å²) in [6.45, 7) is 3.88. The Balaban J connectivity index is 2.15. The Morgan fingerprint density at radius 3 is 2.22 bits per heavy atom. The summed E-state index contributed by atoms with van der Waals surface area (Å²) in [5.74, 6) is -0.263. The summed E-state index contributed by atoms with van der Waals surface area (Å²) in [6, 6.07) is 15.7. The van der Waals surface area contributed by atoms with E-state index in [1.807, 2.05) is 36.4 Å². The van der Waals surface area contributed by atoms with E-state index in [4.69, 9.17) is 0 Å². The maximum Gasteiger partial charge on any atom is 0.224 e. The summed E-state index contributed by atoms with van der Waals surface area (Å²) >= 11 is 0. The molecule has 0 radical (unpaired) electrons. The molecule has 1 aliphatic carbocycles. The summed E-state index contributed by atoms with van der Waals surface area (Å²) in [6.07, 6.45) is 1.31. The predicted molar refractivity (Wildman–Crippen MR) is 91.0 cm³/mol. The van der Waals surface area contributed by atoms with Gasteiger partial charge in [-0.1, -0.05) is 62.4 Å². The predicted octanol–water partition coefficient (Wildman–Crippen LogP) is 3.73. The molecule has 1 aliphatic rings. The molecule has 0 bridgehead atoms. The van der Waals surface area contributed by atoms with Crippen LogP contribution < -0.4 is 5.32 Å². The first-order chi connectivity index (χ1) is 11.2. The quantitative estimate of drug-likeness (QED) is 0.935. The van der Waals surface area contributed by atoms with Crippen LogP contribution in [-0.2, 0) is 11.2 Å². The second-order valence-corrected chi connectivity index (χ2v) is 5.58. The number of rotatable bonds is 4. The van der Waals surface area contributed by atoms with Gasteiger partial charge in [0, 0.05) is 17.6 Å². The minimum absolute atomic E-state index is 0.114. The van der Waals surface area contributed by atoms with Crippen molar-refractivity contribution in [1.82, 2.24) is 5.32 Å². The Kier molecular flexibility index (Phi) is 4.11. The fourth-order valence-electron chi connectivity index (χ4n) is 2.84. The Labute approximate surface area is 136 Å². The van der Waals surface area contributed by atoms with Crippen LogP contribution in [0.1, 0.15) is 47.3 Å². The number of nitrogens with one attached hydrogen (secondary N) is 1. The van der Waals surface area contributed by atoms with Crippen molar-refractivity contribution in [3.05, 3.63) is 76.5 Å². The highest BCUT2D eigenvalue weighted by Gasteiger charge is 2.30. The molecule has 2 aromatic carbocycles. The normalized spacial score (nSPS) is 13.2. The highest BCUT2D eigenvalue weighted by molar-refractivity contribution is 6.23.